The molecule has 4 rings (SSSR count). The van der Waals surface area contributed by atoms with E-state index in [1.165, 1.54) is 0 Å². The molecular weight excluding hydrogens is 410 g/mol. The lowest BCUT2D eigenvalue weighted by Gasteiger charge is -2.18. The molecule has 0 saturated heterocycles. The minimum atomic E-state index is -0.820. The number of carbonyl (C=O) groups is 1. The summed E-state index contributed by atoms with van der Waals surface area (Å²) in [6.07, 6.45) is 4.08. The van der Waals surface area contributed by atoms with E-state index in [2.05, 4.69) is 25.6 Å². The Hall–Kier alpha value is -4.01. The lowest BCUT2D eigenvalue weighted by Crippen LogP contribution is -2.06. The molecule has 2 aromatic heterocycles. The van der Waals surface area contributed by atoms with Crippen molar-refractivity contribution >= 4 is 28.4 Å². The molecule has 2 heterocycles. The summed E-state index contributed by atoms with van der Waals surface area (Å²) in [5, 5.41) is 20.5. The third-order valence-corrected chi connectivity index (χ3v) is 5.17. The molecule has 9 heteroatoms. The van der Waals surface area contributed by atoms with Gasteiger partial charge in [-0.1, -0.05) is 25.1 Å². The molecule has 0 bridgehead atoms. The van der Waals surface area contributed by atoms with E-state index in [1.54, 1.807) is 12.4 Å². The Morgan fingerprint density at radius 3 is 2.59 bits per heavy atom. The normalized spacial score (nSPS) is 11.9. The summed E-state index contributed by atoms with van der Waals surface area (Å²) in [4.78, 5) is 19.7. The van der Waals surface area contributed by atoms with Crippen LogP contribution < -0.4 is 10.1 Å². The van der Waals surface area contributed by atoms with Crippen molar-refractivity contribution in [3.8, 4) is 17.1 Å². The second-order valence-corrected chi connectivity index (χ2v) is 7.29. The standard InChI is InChI=1S/C23H23N5O4/c1-3-14(11-22(29)30)15-5-7-18(16-6-8-19-21(10-16)28-32-27-19)20(9-15)26-17-12-24-23(25-13-17)31-4-2/h5-10,12-14,26H,3-4,11H2,1-2H3,(H,29,30)/t14-/m1/s1. The molecule has 0 aliphatic carbocycles. The fourth-order valence-corrected chi connectivity index (χ4v) is 3.57. The van der Waals surface area contributed by atoms with Gasteiger partial charge in [0.25, 0.3) is 0 Å². The maximum absolute atomic E-state index is 11.3. The van der Waals surface area contributed by atoms with Gasteiger partial charge in [-0.25, -0.2) is 14.6 Å². The van der Waals surface area contributed by atoms with Gasteiger partial charge in [0.15, 0.2) is 0 Å². The first-order valence-electron chi connectivity index (χ1n) is 10.4. The summed E-state index contributed by atoms with van der Waals surface area (Å²) in [5.74, 6) is -0.916. The highest BCUT2D eigenvalue weighted by molar-refractivity contribution is 5.87. The van der Waals surface area contributed by atoms with Crippen LogP contribution in [0, 0.1) is 0 Å². The fraction of sp³-hybridized carbons (Fsp3) is 0.261. The molecule has 164 valence electrons. The molecule has 2 N–H and O–H groups in total. The minimum Gasteiger partial charge on any atom is -0.481 e. The van der Waals surface area contributed by atoms with Crippen molar-refractivity contribution in [1.82, 2.24) is 20.3 Å². The number of carboxylic acid groups (broad SMARTS) is 1. The van der Waals surface area contributed by atoms with Crippen molar-refractivity contribution in [3.63, 3.8) is 0 Å². The van der Waals surface area contributed by atoms with E-state index in [9.17, 15) is 9.90 Å². The number of fused-ring (bicyclic) bond motifs is 1. The number of hydrogen-bond donors (Lipinski definition) is 2. The number of aliphatic carboxylic acids is 1. The lowest BCUT2D eigenvalue weighted by atomic mass is 9.90. The van der Waals surface area contributed by atoms with Crippen molar-refractivity contribution in [2.24, 2.45) is 0 Å². The first-order chi connectivity index (χ1) is 15.6. The van der Waals surface area contributed by atoms with Crippen LogP contribution in [0.15, 0.2) is 53.4 Å². The van der Waals surface area contributed by atoms with Crippen molar-refractivity contribution in [3.05, 3.63) is 54.4 Å². The zero-order chi connectivity index (χ0) is 22.5. The SMILES string of the molecule is CCOc1ncc(Nc2cc([C@H](CC)CC(=O)O)ccc2-c2ccc3nonc3c2)cn1. The molecule has 0 fully saturated rings. The van der Waals surface area contributed by atoms with Gasteiger partial charge in [-0.15, -0.1) is 0 Å². The van der Waals surface area contributed by atoms with Crippen molar-refractivity contribution in [2.75, 3.05) is 11.9 Å². The Kier molecular flexibility index (Phi) is 6.25. The van der Waals surface area contributed by atoms with Crippen LogP contribution >= 0.6 is 0 Å². The Balaban J connectivity index is 1.74. The van der Waals surface area contributed by atoms with E-state index in [4.69, 9.17) is 9.37 Å². The van der Waals surface area contributed by atoms with Crippen LogP contribution in [0.1, 0.15) is 38.2 Å². The van der Waals surface area contributed by atoms with E-state index in [1.807, 2.05) is 50.2 Å². The first kappa shape index (κ1) is 21.2. The number of rotatable bonds is 9. The summed E-state index contributed by atoms with van der Waals surface area (Å²) in [6, 6.07) is 11.9. The highest BCUT2D eigenvalue weighted by atomic mass is 16.6. The van der Waals surface area contributed by atoms with Gasteiger partial charge < -0.3 is 15.2 Å². The van der Waals surface area contributed by atoms with Crippen molar-refractivity contribution < 1.29 is 19.3 Å². The van der Waals surface area contributed by atoms with Crippen LogP contribution in [-0.4, -0.2) is 38.0 Å². The topological polar surface area (TPSA) is 123 Å². The summed E-state index contributed by atoms with van der Waals surface area (Å²) in [5.41, 5.74) is 5.58. The van der Waals surface area contributed by atoms with Gasteiger partial charge in [-0.3, -0.25) is 4.79 Å². The maximum atomic E-state index is 11.3. The highest BCUT2D eigenvalue weighted by Gasteiger charge is 2.17. The average molecular weight is 433 g/mol. The minimum absolute atomic E-state index is 0.0675. The number of aromatic nitrogens is 4. The van der Waals surface area contributed by atoms with Crippen LogP contribution in [0.5, 0.6) is 6.01 Å². The number of benzene rings is 2. The van der Waals surface area contributed by atoms with Gasteiger partial charge in [0.05, 0.1) is 31.1 Å². The van der Waals surface area contributed by atoms with E-state index >= 15 is 0 Å². The quantitative estimate of drug-likeness (QED) is 0.383. The number of nitrogens with zero attached hydrogens (tertiary/aromatic N) is 4. The van der Waals surface area contributed by atoms with E-state index in [0.29, 0.717) is 35.8 Å². The third-order valence-electron chi connectivity index (χ3n) is 5.17. The van der Waals surface area contributed by atoms with Crippen molar-refractivity contribution in [1.29, 1.82) is 0 Å². The Labute approximate surface area is 184 Å². The molecule has 0 saturated carbocycles. The molecule has 9 nitrogen and oxygen atoms in total. The summed E-state index contributed by atoms with van der Waals surface area (Å²) < 4.78 is 10.1. The molecule has 0 spiro atoms. The largest absolute Gasteiger partial charge is 0.481 e. The molecule has 4 aromatic rings. The third kappa shape index (κ3) is 4.66. The van der Waals surface area contributed by atoms with Gasteiger partial charge in [0, 0.05) is 11.3 Å². The van der Waals surface area contributed by atoms with Gasteiger partial charge in [-0.05, 0) is 58.9 Å². The molecule has 0 radical (unpaired) electrons. The zero-order valence-corrected chi connectivity index (χ0v) is 17.8. The summed E-state index contributed by atoms with van der Waals surface area (Å²) in [6.45, 7) is 4.34. The van der Waals surface area contributed by atoms with Gasteiger partial charge >= 0.3 is 12.0 Å². The molecule has 0 unspecified atom stereocenters. The second kappa shape index (κ2) is 9.42. The van der Waals surface area contributed by atoms with Crippen LogP contribution in [0.3, 0.4) is 0 Å². The molecule has 2 aromatic carbocycles. The smallest absolute Gasteiger partial charge is 0.316 e. The second-order valence-electron chi connectivity index (χ2n) is 7.29. The van der Waals surface area contributed by atoms with Gasteiger partial charge in [0.2, 0.25) is 0 Å². The zero-order valence-electron chi connectivity index (χ0n) is 17.8. The molecule has 0 aliphatic heterocycles. The summed E-state index contributed by atoms with van der Waals surface area (Å²) in [7, 11) is 0. The Morgan fingerprint density at radius 2 is 1.88 bits per heavy atom. The van der Waals surface area contributed by atoms with Gasteiger partial charge in [-0.2, -0.15) is 0 Å². The van der Waals surface area contributed by atoms with Gasteiger partial charge in [0.1, 0.15) is 11.0 Å². The van der Waals surface area contributed by atoms with Crippen LogP contribution in [0.2, 0.25) is 0 Å². The Bertz CT molecular complexity index is 1220. The van der Waals surface area contributed by atoms with E-state index in [-0.39, 0.29) is 12.3 Å². The first-order valence-corrected chi connectivity index (χ1v) is 10.4. The average Bonchev–Trinajstić information content (AvgIpc) is 3.27. The van der Waals surface area contributed by atoms with Crippen LogP contribution in [-0.2, 0) is 4.79 Å². The lowest BCUT2D eigenvalue weighted by molar-refractivity contribution is -0.137. The highest BCUT2D eigenvalue weighted by Crippen LogP contribution is 2.35. The van der Waals surface area contributed by atoms with Crippen LogP contribution in [0.4, 0.5) is 11.4 Å². The monoisotopic (exact) mass is 433 g/mol. The molecular formula is C23H23N5O4. The summed E-state index contributed by atoms with van der Waals surface area (Å²) >= 11 is 0. The van der Waals surface area contributed by atoms with E-state index in [0.717, 1.165) is 22.4 Å². The number of carboxylic acids is 1. The molecule has 1 atom stereocenters. The van der Waals surface area contributed by atoms with E-state index < -0.39 is 5.97 Å². The predicted molar refractivity (Wildman–Crippen MR) is 119 cm³/mol. The van der Waals surface area contributed by atoms with Crippen molar-refractivity contribution in [2.45, 2.75) is 32.6 Å². The maximum Gasteiger partial charge on any atom is 0.316 e. The predicted octanol–water partition coefficient (Wildman–Crippen LogP) is 4.79. The number of nitrogens with one attached hydrogen (secondary N) is 1. The Morgan fingerprint density at radius 1 is 1.09 bits per heavy atom. The molecule has 0 aliphatic rings. The fourth-order valence-electron chi connectivity index (χ4n) is 3.57. The van der Waals surface area contributed by atoms with Crippen LogP contribution in [0.25, 0.3) is 22.2 Å². The molecule has 32 heavy (non-hydrogen) atoms. The molecule has 0 amide bonds. The number of ether oxygens (including phenoxy) is 1. The number of hydrogen-bond acceptors (Lipinski definition) is 8. The number of anilines is 2.